The number of hydrogen-bond acceptors (Lipinski definition) is 3. The second kappa shape index (κ2) is 9.23. The lowest BCUT2D eigenvalue weighted by Gasteiger charge is -2.27. The number of benzene rings is 3. The van der Waals surface area contributed by atoms with Crippen LogP contribution < -0.4 is 0 Å². The van der Waals surface area contributed by atoms with E-state index in [2.05, 4.69) is 12.1 Å². The van der Waals surface area contributed by atoms with Crippen molar-refractivity contribution in [1.29, 1.82) is 0 Å². The standard InChI is InChI=1S/C25H21Cl2NO4/c1-15(24(29)30)28(13-16-10-11-17(26)12-23(16)27)25(31)32-14-22-20-8-4-2-6-18(20)19-7-3-5-9-21(19)22/h2-12,15,22H,13-14H2,1H3,(H,29,30). The first-order valence-electron chi connectivity index (χ1n) is 10.1. The Kier molecular flexibility index (Phi) is 6.40. The van der Waals surface area contributed by atoms with Gasteiger partial charge in [0.1, 0.15) is 12.6 Å². The first-order chi connectivity index (χ1) is 15.4. The maximum Gasteiger partial charge on any atom is 0.410 e. The number of carboxylic acids is 1. The molecule has 1 aliphatic rings. The van der Waals surface area contributed by atoms with Crippen molar-refractivity contribution in [1.82, 2.24) is 4.90 Å². The second-order valence-electron chi connectivity index (χ2n) is 7.68. The Bertz CT molecular complexity index is 1130. The van der Waals surface area contributed by atoms with E-state index in [1.165, 1.54) is 6.92 Å². The molecule has 164 valence electrons. The highest BCUT2D eigenvalue weighted by atomic mass is 35.5. The number of hydrogen-bond donors (Lipinski definition) is 1. The van der Waals surface area contributed by atoms with Crippen LogP contribution in [0.5, 0.6) is 0 Å². The number of aliphatic carboxylic acids is 1. The molecule has 3 aromatic carbocycles. The normalized spacial score (nSPS) is 13.2. The van der Waals surface area contributed by atoms with Crippen LogP contribution in [-0.4, -0.2) is 34.7 Å². The predicted molar refractivity (Wildman–Crippen MR) is 124 cm³/mol. The van der Waals surface area contributed by atoms with Gasteiger partial charge in [0.15, 0.2) is 0 Å². The molecule has 1 unspecified atom stereocenters. The highest BCUT2D eigenvalue weighted by Gasteiger charge is 2.32. The minimum absolute atomic E-state index is 0.0137. The SMILES string of the molecule is CC(C(=O)O)N(Cc1ccc(Cl)cc1Cl)C(=O)OCC1c2ccccc2-c2ccccc21. The lowest BCUT2D eigenvalue weighted by molar-refractivity contribution is -0.142. The van der Waals surface area contributed by atoms with Gasteiger partial charge in [0.25, 0.3) is 0 Å². The average molecular weight is 470 g/mol. The molecular weight excluding hydrogens is 449 g/mol. The highest BCUT2D eigenvalue weighted by Crippen LogP contribution is 2.44. The van der Waals surface area contributed by atoms with Crippen LogP contribution in [-0.2, 0) is 16.1 Å². The van der Waals surface area contributed by atoms with Crippen LogP contribution in [0.4, 0.5) is 4.79 Å². The summed E-state index contributed by atoms with van der Waals surface area (Å²) in [5.41, 5.74) is 4.98. The zero-order chi connectivity index (χ0) is 22.8. The minimum atomic E-state index is -1.14. The Hall–Kier alpha value is -3.02. The van der Waals surface area contributed by atoms with Crippen molar-refractivity contribution in [2.75, 3.05) is 6.61 Å². The maximum absolute atomic E-state index is 13.0. The second-order valence-corrected chi connectivity index (χ2v) is 8.53. The Balaban J connectivity index is 1.56. The van der Waals surface area contributed by atoms with Gasteiger partial charge in [-0.25, -0.2) is 9.59 Å². The third kappa shape index (κ3) is 4.31. The predicted octanol–water partition coefficient (Wildman–Crippen LogP) is 6.22. The van der Waals surface area contributed by atoms with Gasteiger partial charge in [0, 0.05) is 16.0 Å². The molecule has 1 atom stereocenters. The van der Waals surface area contributed by atoms with Crippen molar-refractivity contribution in [3.63, 3.8) is 0 Å². The molecule has 0 saturated carbocycles. The van der Waals surface area contributed by atoms with Gasteiger partial charge in [-0.3, -0.25) is 4.90 Å². The fraction of sp³-hybridized carbons (Fsp3) is 0.200. The molecular formula is C25H21Cl2NO4. The Labute approximate surface area is 196 Å². The monoisotopic (exact) mass is 469 g/mol. The van der Waals surface area contributed by atoms with Gasteiger partial charge >= 0.3 is 12.1 Å². The van der Waals surface area contributed by atoms with Crippen molar-refractivity contribution >= 4 is 35.3 Å². The Morgan fingerprint density at radius 3 is 2.16 bits per heavy atom. The summed E-state index contributed by atoms with van der Waals surface area (Å²) in [7, 11) is 0. The summed E-state index contributed by atoms with van der Waals surface area (Å²) in [6, 6.07) is 19.8. The van der Waals surface area contributed by atoms with Crippen molar-refractivity contribution in [2.45, 2.75) is 25.4 Å². The number of nitrogens with zero attached hydrogens (tertiary/aromatic N) is 1. The van der Waals surface area contributed by atoms with E-state index in [-0.39, 0.29) is 19.1 Å². The van der Waals surface area contributed by atoms with Crippen LogP contribution in [0.2, 0.25) is 10.0 Å². The quantitative estimate of drug-likeness (QED) is 0.465. The molecule has 0 heterocycles. The molecule has 3 aromatic rings. The molecule has 0 bridgehead atoms. The average Bonchev–Trinajstić information content (AvgIpc) is 3.10. The van der Waals surface area contributed by atoms with E-state index < -0.39 is 18.1 Å². The molecule has 7 heteroatoms. The molecule has 0 spiro atoms. The molecule has 0 fully saturated rings. The number of halogens is 2. The summed E-state index contributed by atoms with van der Waals surface area (Å²) in [5.74, 6) is -1.25. The van der Waals surface area contributed by atoms with Crippen LogP contribution in [0.3, 0.4) is 0 Å². The zero-order valence-electron chi connectivity index (χ0n) is 17.3. The smallest absolute Gasteiger partial charge is 0.410 e. The van der Waals surface area contributed by atoms with E-state index in [1.54, 1.807) is 18.2 Å². The lowest BCUT2D eigenvalue weighted by atomic mass is 9.98. The van der Waals surface area contributed by atoms with Gasteiger partial charge in [0.05, 0.1) is 6.54 Å². The minimum Gasteiger partial charge on any atom is -0.480 e. The van der Waals surface area contributed by atoms with Crippen LogP contribution >= 0.6 is 23.2 Å². The summed E-state index contributed by atoms with van der Waals surface area (Å²) in [6.07, 6.45) is -0.715. The van der Waals surface area contributed by atoms with Crippen LogP contribution in [0.15, 0.2) is 66.7 Å². The van der Waals surface area contributed by atoms with Crippen LogP contribution in [0, 0.1) is 0 Å². The van der Waals surface area contributed by atoms with Gasteiger partial charge < -0.3 is 9.84 Å². The third-order valence-electron chi connectivity index (χ3n) is 5.75. The van der Waals surface area contributed by atoms with E-state index in [9.17, 15) is 14.7 Å². The van der Waals surface area contributed by atoms with Gasteiger partial charge in [-0.2, -0.15) is 0 Å². The summed E-state index contributed by atoms with van der Waals surface area (Å²) in [6.45, 7) is 1.53. The van der Waals surface area contributed by atoms with Crippen LogP contribution in [0.1, 0.15) is 29.5 Å². The summed E-state index contributed by atoms with van der Waals surface area (Å²) < 4.78 is 5.66. The highest BCUT2D eigenvalue weighted by molar-refractivity contribution is 6.35. The van der Waals surface area contributed by atoms with Gasteiger partial charge in [-0.05, 0) is 46.9 Å². The molecule has 0 aliphatic heterocycles. The van der Waals surface area contributed by atoms with Crippen LogP contribution in [0.25, 0.3) is 11.1 Å². The molecule has 4 rings (SSSR count). The van der Waals surface area contributed by atoms with Crippen molar-refractivity contribution < 1.29 is 19.4 Å². The summed E-state index contributed by atoms with van der Waals surface area (Å²) >= 11 is 12.2. The van der Waals surface area contributed by atoms with E-state index in [4.69, 9.17) is 27.9 Å². The van der Waals surface area contributed by atoms with E-state index in [1.807, 2.05) is 36.4 Å². The van der Waals surface area contributed by atoms with Crippen molar-refractivity contribution in [3.05, 3.63) is 93.5 Å². The fourth-order valence-electron chi connectivity index (χ4n) is 4.00. The maximum atomic E-state index is 13.0. The van der Waals surface area contributed by atoms with E-state index >= 15 is 0 Å². The Morgan fingerprint density at radius 1 is 1.00 bits per heavy atom. The lowest BCUT2D eigenvalue weighted by Crippen LogP contribution is -2.43. The topological polar surface area (TPSA) is 66.8 Å². The molecule has 1 N–H and O–H groups in total. The van der Waals surface area contributed by atoms with Crippen molar-refractivity contribution in [3.8, 4) is 11.1 Å². The van der Waals surface area contributed by atoms with Crippen molar-refractivity contribution in [2.24, 2.45) is 0 Å². The molecule has 5 nitrogen and oxygen atoms in total. The molecule has 1 aliphatic carbocycles. The number of ether oxygens (including phenoxy) is 1. The number of carboxylic acid groups (broad SMARTS) is 1. The van der Waals surface area contributed by atoms with E-state index in [0.29, 0.717) is 15.6 Å². The summed E-state index contributed by atoms with van der Waals surface area (Å²) in [5, 5.41) is 10.3. The molecule has 0 radical (unpaired) electrons. The van der Waals surface area contributed by atoms with Gasteiger partial charge in [-0.15, -0.1) is 0 Å². The third-order valence-corrected chi connectivity index (χ3v) is 6.34. The van der Waals surface area contributed by atoms with Gasteiger partial charge in [-0.1, -0.05) is 77.8 Å². The summed E-state index contributed by atoms with van der Waals surface area (Å²) in [4.78, 5) is 25.8. The molecule has 0 aromatic heterocycles. The first-order valence-corrected chi connectivity index (χ1v) is 10.9. The largest absolute Gasteiger partial charge is 0.480 e. The van der Waals surface area contributed by atoms with E-state index in [0.717, 1.165) is 27.2 Å². The number of carbonyl (C=O) groups is 2. The molecule has 0 saturated heterocycles. The Morgan fingerprint density at radius 2 is 1.59 bits per heavy atom. The molecule has 1 amide bonds. The first kappa shape index (κ1) is 22.2. The fourth-order valence-corrected chi connectivity index (χ4v) is 4.47. The molecule has 32 heavy (non-hydrogen) atoms. The zero-order valence-corrected chi connectivity index (χ0v) is 18.8. The number of amides is 1. The number of carbonyl (C=O) groups excluding carboxylic acids is 1. The number of rotatable bonds is 6. The number of fused-ring (bicyclic) bond motifs is 3. The van der Waals surface area contributed by atoms with Gasteiger partial charge in [0.2, 0.25) is 0 Å².